The summed E-state index contributed by atoms with van der Waals surface area (Å²) in [7, 11) is -3.32. The van der Waals surface area contributed by atoms with Gasteiger partial charge >= 0.3 is 0 Å². The molecule has 0 radical (unpaired) electrons. The smallest absolute Gasteiger partial charge is 0.270 e. The molecule has 1 aliphatic carbocycles. The van der Waals surface area contributed by atoms with Crippen LogP contribution in [0.15, 0.2) is 0 Å². The average Bonchev–Trinajstić information content (AvgIpc) is 2.86. The maximum atomic E-state index is 12.2. The van der Waals surface area contributed by atoms with E-state index >= 15 is 0 Å². The van der Waals surface area contributed by atoms with Crippen LogP contribution in [0.3, 0.4) is 0 Å². The SMILES string of the molecule is CCCCCCCCCCCCCOS(=O)(=O)C1CCCCCC1. The molecule has 0 bridgehead atoms. The first-order chi connectivity index (χ1) is 11.7. The zero-order chi connectivity index (χ0) is 17.5. The van der Waals surface area contributed by atoms with Crippen molar-refractivity contribution in [2.75, 3.05) is 6.61 Å². The van der Waals surface area contributed by atoms with Gasteiger partial charge in [-0.15, -0.1) is 0 Å². The first kappa shape index (κ1) is 22.0. The van der Waals surface area contributed by atoms with Crippen molar-refractivity contribution >= 4 is 10.1 Å². The van der Waals surface area contributed by atoms with E-state index in [9.17, 15) is 8.42 Å². The van der Waals surface area contributed by atoms with Crippen molar-refractivity contribution < 1.29 is 12.6 Å². The molecule has 3 nitrogen and oxygen atoms in total. The van der Waals surface area contributed by atoms with Crippen molar-refractivity contribution in [1.82, 2.24) is 0 Å². The lowest BCUT2D eigenvalue weighted by Gasteiger charge is -2.14. The Bertz CT molecular complexity index is 370. The van der Waals surface area contributed by atoms with Crippen LogP contribution in [0.1, 0.15) is 116 Å². The van der Waals surface area contributed by atoms with E-state index in [0.717, 1.165) is 38.5 Å². The van der Waals surface area contributed by atoms with E-state index in [1.54, 1.807) is 0 Å². The van der Waals surface area contributed by atoms with E-state index in [4.69, 9.17) is 4.18 Å². The maximum Gasteiger partial charge on any atom is 0.270 e. The lowest BCUT2D eigenvalue weighted by Crippen LogP contribution is -2.23. The number of hydrogen-bond donors (Lipinski definition) is 0. The van der Waals surface area contributed by atoms with Gasteiger partial charge in [0, 0.05) is 0 Å². The molecule has 0 aromatic rings. The first-order valence-corrected chi connectivity index (χ1v) is 12.0. The molecule has 1 saturated carbocycles. The molecule has 0 heterocycles. The highest BCUT2D eigenvalue weighted by atomic mass is 32.2. The van der Waals surface area contributed by atoms with E-state index in [2.05, 4.69) is 6.92 Å². The summed E-state index contributed by atoms with van der Waals surface area (Å²) < 4.78 is 29.7. The Balaban J connectivity index is 1.94. The molecule has 0 saturated heterocycles. The van der Waals surface area contributed by atoms with Gasteiger partial charge in [-0.25, -0.2) is 0 Å². The second kappa shape index (κ2) is 14.1. The third-order valence-electron chi connectivity index (χ3n) is 5.21. The lowest BCUT2D eigenvalue weighted by atomic mass is 10.1. The van der Waals surface area contributed by atoms with Crippen LogP contribution in [-0.2, 0) is 14.3 Å². The summed E-state index contributed by atoms with van der Waals surface area (Å²) in [6, 6.07) is 0. The van der Waals surface area contributed by atoms with E-state index in [1.807, 2.05) is 0 Å². The first-order valence-electron chi connectivity index (χ1n) is 10.5. The fourth-order valence-electron chi connectivity index (χ4n) is 3.57. The predicted molar refractivity (Wildman–Crippen MR) is 103 cm³/mol. The molecular formula is C20H40O3S. The van der Waals surface area contributed by atoms with Crippen molar-refractivity contribution in [3.63, 3.8) is 0 Å². The third-order valence-corrected chi connectivity index (χ3v) is 6.99. The van der Waals surface area contributed by atoms with Gasteiger partial charge in [-0.2, -0.15) is 8.42 Å². The highest BCUT2D eigenvalue weighted by Gasteiger charge is 2.26. The molecule has 1 fully saturated rings. The average molecular weight is 361 g/mol. The molecule has 0 unspecified atom stereocenters. The van der Waals surface area contributed by atoms with Crippen LogP contribution in [0.25, 0.3) is 0 Å². The largest absolute Gasteiger partial charge is 0.270 e. The monoisotopic (exact) mass is 360 g/mol. The highest BCUT2D eigenvalue weighted by Crippen LogP contribution is 2.24. The molecule has 1 rings (SSSR count). The molecule has 0 aliphatic heterocycles. The van der Waals surface area contributed by atoms with Gasteiger partial charge in [0.1, 0.15) is 0 Å². The highest BCUT2D eigenvalue weighted by molar-refractivity contribution is 7.87. The molecule has 0 spiro atoms. The zero-order valence-corrected chi connectivity index (χ0v) is 16.8. The van der Waals surface area contributed by atoms with Crippen LogP contribution < -0.4 is 0 Å². The van der Waals surface area contributed by atoms with Gasteiger partial charge in [-0.3, -0.25) is 4.18 Å². The third kappa shape index (κ3) is 10.7. The minimum atomic E-state index is -3.32. The van der Waals surface area contributed by atoms with Crippen LogP contribution in [0.4, 0.5) is 0 Å². The molecule has 4 heteroatoms. The van der Waals surface area contributed by atoms with Gasteiger partial charge < -0.3 is 0 Å². The Morgan fingerprint density at radius 3 is 1.67 bits per heavy atom. The second-order valence-corrected chi connectivity index (χ2v) is 9.35. The van der Waals surface area contributed by atoms with Crippen molar-refractivity contribution in [3.8, 4) is 0 Å². The minimum Gasteiger partial charge on any atom is -0.270 e. The molecule has 144 valence electrons. The summed E-state index contributed by atoms with van der Waals surface area (Å²) in [4.78, 5) is 0. The minimum absolute atomic E-state index is 0.243. The van der Waals surface area contributed by atoms with Gasteiger partial charge in [0.15, 0.2) is 0 Å². The van der Waals surface area contributed by atoms with Crippen molar-refractivity contribution in [1.29, 1.82) is 0 Å². The summed E-state index contributed by atoms with van der Waals surface area (Å²) in [5.41, 5.74) is 0. The fourth-order valence-corrected chi connectivity index (χ4v) is 5.02. The van der Waals surface area contributed by atoms with Gasteiger partial charge in [0.2, 0.25) is 0 Å². The van der Waals surface area contributed by atoms with Gasteiger partial charge in [0.25, 0.3) is 10.1 Å². The molecular weight excluding hydrogens is 320 g/mol. The van der Waals surface area contributed by atoms with Gasteiger partial charge in [-0.1, -0.05) is 96.8 Å². The Labute approximate surface area is 151 Å². The summed E-state index contributed by atoms with van der Waals surface area (Å²) in [5.74, 6) is 0. The predicted octanol–water partition coefficient (Wildman–Crippen LogP) is 6.37. The molecule has 24 heavy (non-hydrogen) atoms. The summed E-state index contributed by atoms with van der Waals surface area (Å²) >= 11 is 0. The number of hydrogen-bond acceptors (Lipinski definition) is 3. The zero-order valence-electron chi connectivity index (χ0n) is 15.9. The van der Waals surface area contributed by atoms with Crippen LogP contribution in [0.5, 0.6) is 0 Å². The molecule has 0 amide bonds. The molecule has 0 N–H and O–H groups in total. The maximum absolute atomic E-state index is 12.2. The standard InChI is InChI=1S/C20H40O3S/c1-2-3-4-5-6-7-8-9-10-13-16-19-23-24(21,22)20-17-14-11-12-15-18-20/h20H,2-19H2,1H3. The fraction of sp³-hybridized carbons (Fsp3) is 1.00. The summed E-state index contributed by atoms with van der Waals surface area (Å²) in [6.45, 7) is 2.64. The summed E-state index contributed by atoms with van der Waals surface area (Å²) in [5, 5.41) is -0.243. The van der Waals surface area contributed by atoms with Crippen LogP contribution in [0, 0.1) is 0 Å². The number of unbranched alkanes of at least 4 members (excludes halogenated alkanes) is 10. The Kier molecular flexibility index (Phi) is 12.9. The molecule has 1 aliphatic rings. The van der Waals surface area contributed by atoms with Crippen LogP contribution in [-0.4, -0.2) is 20.3 Å². The number of rotatable bonds is 14. The lowest BCUT2D eigenvalue weighted by molar-refractivity contribution is 0.298. The van der Waals surface area contributed by atoms with Crippen molar-refractivity contribution in [3.05, 3.63) is 0 Å². The Hall–Kier alpha value is -0.0900. The topological polar surface area (TPSA) is 43.4 Å². The quantitative estimate of drug-likeness (QED) is 0.205. The van der Waals surface area contributed by atoms with E-state index in [1.165, 1.54) is 70.6 Å². The second-order valence-electron chi connectivity index (χ2n) is 7.46. The van der Waals surface area contributed by atoms with E-state index < -0.39 is 10.1 Å². The normalized spacial score (nSPS) is 17.0. The van der Waals surface area contributed by atoms with Crippen molar-refractivity contribution in [2.24, 2.45) is 0 Å². The van der Waals surface area contributed by atoms with Gasteiger partial charge in [-0.05, 0) is 19.3 Å². The summed E-state index contributed by atoms with van der Waals surface area (Å²) in [6.07, 6.45) is 20.0. The molecule has 0 atom stereocenters. The Morgan fingerprint density at radius 1 is 0.708 bits per heavy atom. The van der Waals surface area contributed by atoms with Crippen molar-refractivity contribution in [2.45, 2.75) is 121 Å². The van der Waals surface area contributed by atoms with E-state index in [-0.39, 0.29) is 5.25 Å². The van der Waals surface area contributed by atoms with E-state index in [0.29, 0.717) is 6.61 Å². The van der Waals surface area contributed by atoms with Crippen LogP contribution in [0.2, 0.25) is 0 Å². The Morgan fingerprint density at radius 2 is 1.17 bits per heavy atom. The molecule has 0 aromatic heterocycles. The molecule has 0 aromatic carbocycles. The van der Waals surface area contributed by atoms with Gasteiger partial charge in [0.05, 0.1) is 11.9 Å². The van der Waals surface area contributed by atoms with Crippen LogP contribution >= 0.6 is 0 Å².